The third-order valence-electron chi connectivity index (χ3n) is 3.48. The van der Waals surface area contributed by atoms with Crippen molar-refractivity contribution in [2.75, 3.05) is 0 Å². The second-order valence-corrected chi connectivity index (χ2v) is 4.96. The average Bonchev–Trinajstić information content (AvgIpc) is 2.47. The van der Waals surface area contributed by atoms with Crippen LogP contribution in [0.5, 0.6) is 5.75 Å². The summed E-state index contributed by atoms with van der Waals surface area (Å²) in [5.74, 6) is 0.443. The Kier molecular flexibility index (Phi) is 3.22. The monoisotopic (exact) mass is 282 g/mol. The lowest BCUT2D eigenvalue weighted by Gasteiger charge is -2.12. The molecule has 106 valence electrons. The molecule has 3 rings (SSSR count). The van der Waals surface area contributed by atoms with Gasteiger partial charge in [-0.05, 0) is 37.4 Å². The minimum Gasteiger partial charge on any atom is -0.483 e. The predicted molar refractivity (Wildman–Crippen MR) is 80.8 cm³/mol. The zero-order valence-corrected chi connectivity index (χ0v) is 11.8. The molecule has 0 aliphatic rings. The number of Topliss-reactive ketones (excluding diaryl/α,β-unsaturated/α-hetero) is 1. The first kappa shape index (κ1) is 13.4. The van der Waals surface area contributed by atoms with Crippen LogP contribution in [0.25, 0.3) is 21.7 Å². The fourth-order valence-corrected chi connectivity index (χ4v) is 2.22. The minimum atomic E-state index is -0.533. The molecule has 0 spiro atoms. The minimum absolute atomic E-state index is 0.0601. The van der Waals surface area contributed by atoms with Crippen molar-refractivity contribution in [3.63, 3.8) is 0 Å². The third-order valence-corrected chi connectivity index (χ3v) is 3.48. The molecule has 1 aromatic heterocycles. The van der Waals surface area contributed by atoms with Crippen LogP contribution in [0.2, 0.25) is 0 Å². The van der Waals surface area contributed by atoms with Crippen LogP contribution in [0.3, 0.4) is 0 Å². The van der Waals surface area contributed by atoms with Crippen LogP contribution in [-0.4, -0.2) is 11.9 Å². The van der Waals surface area contributed by atoms with Gasteiger partial charge < -0.3 is 9.15 Å². The van der Waals surface area contributed by atoms with E-state index in [1.165, 1.54) is 6.92 Å². The molecule has 4 heteroatoms. The van der Waals surface area contributed by atoms with E-state index >= 15 is 0 Å². The van der Waals surface area contributed by atoms with Crippen LogP contribution in [0.1, 0.15) is 13.8 Å². The Balaban J connectivity index is 2.17. The van der Waals surface area contributed by atoms with Crippen LogP contribution in [0.15, 0.2) is 51.7 Å². The molecule has 1 heterocycles. The van der Waals surface area contributed by atoms with Gasteiger partial charge in [-0.3, -0.25) is 4.79 Å². The first-order chi connectivity index (χ1) is 10.1. The van der Waals surface area contributed by atoms with E-state index in [4.69, 9.17) is 9.15 Å². The van der Waals surface area contributed by atoms with E-state index in [-0.39, 0.29) is 11.4 Å². The van der Waals surface area contributed by atoms with Crippen molar-refractivity contribution < 1.29 is 13.9 Å². The largest absolute Gasteiger partial charge is 0.483 e. The molecule has 3 aromatic rings. The summed E-state index contributed by atoms with van der Waals surface area (Å²) in [4.78, 5) is 23.2. The molecule has 0 amide bonds. The van der Waals surface area contributed by atoms with Crippen LogP contribution in [0, 0.1) is 0 Å². The molecule has 0 N–H and O–H groups in total. The highest BCUT2D eigenvalue weighted by Crippen LogP contribution is 2.26. The SMILES string of the molecule is CC(=O)C(C)Oc1ccc2c(c1)oc(=O)c1ccccc12. The molecule has 4 nitrogen and oxygen atoms in total. The van der Waals surface area contributed by atoms with Gasteiger partial charge in [-0.2, -0.15) is 0 Å². The third kappa shape index (κ3) is 2.40. The van der Waals surface area contributed by atoms with E-state index in [0.717, 1.165) is 10.8 Å². The highest BCUT2D eigenvalue weighted by Gasteiger charge is 2.11. The Morgan fingerprint density at radius 1 is 1.10 bits per heavy atom. The second kappa shape index (κ2) is 5.05. The van der Waals surface area contributed by atoms with Gasteiger partial charge in [0.1, 0.15) is 11.3 Å². The maximum absolute atomic E-state index is 12.0. The van der Waals surface area contributed by atoms with Crippen LogP contribution < -0.4 is 10.4 Å². The Morgan fingerprint density at radius 3 is 2.52 bits per heavy atom. The number of hydrogen-bond donors (Lipinski definition) is 0. The molecule has 0 bridgehead atoms. The van der Waals surface area contributed by atoms with E-state index in [1.54, 1.807) is 31.2 Å². The lowest BCUT2D eigenvalue weighted by molar-refractivity contribution is -0.122. The number of rotatable bonds is 3. The smallest absolute Gasteiger partial charge is 0.344 e. The zero-order chi connectivity index (χ0) is 15.0. The molecular weight excluding hydrogens is 268 g/mol. The molecule has 0 saturated heterocycles. The predicted octanol–water partition coefficient (Wildman–Crippen LogP) is 3.30. The Bertz CT molecular complexity index is 892. The molecule has 0 aliphatic heterocycles. The van der Waals surface area contributed by atoms with Crippen molar-refractivity contribution in [3.8, 4) is 5.75 Å². The quantitative estimate of drug-likeness (QED) is 0.546. The first-order valence-corrected chi connectivity index (χ1v) is 6.69. The van der Waals surface area contributed by atoms with Gasteiger partial charge in [0, 0.05) is 11.5 Å². The fourth-order valence-electron chi connectivity index (χ4n) is 2.22. The fraction of sp³-hybridized carbons (Fsp3) is 0.176. The first-order valence-electron chi connectivity index (χ1n) is 6.69. The molecule has 21 heavy (non-hydrogen) atoms. The highest BCUT2D eigenvalue weighted by atomic mass is 16.5. The number of carbonyl (C=O) groups is 1. The number of benzene rings is 2. The van der Waals surface area contributed by atoms with Gasteiger partial charge in [0.15, 0.2) is 11.9 Å². The van der Waals surface area contributed by atoms with Gasteiger partial charge in [-0.25, -0.2) is 4.79 Å². The molecule has 1 atom stereocenters. The summed E-state index contributed by atoms with van der Waals surface area (Å²) < 4.78 is 10.9. The van der Waals surface area contributed by atoms with Crippen molar-refractivity contribution in [2.45, 2.75) is 20.0 Å². The lowest BCUT2D eigenvalue weighted by atomic mass is 10.1. The highest BCUT2D eigenvalue weighted by molar-refractivity contribution is 6.04. The summed E-state index contributed by atoms with van der Waals surface area (Å²) in [5.41, 5.74) is 0.0711. The number of ketones is 1. The molecule has 0 fully saturated rings. The lowest BCUT2D eigenvalue weighted by Crippen LogP contribution is -2.20. The number of carbonyl (C=O) groups excluding carboxylic acids is 1. The summed E-state index contributed by atoms with van der Waals surface area (Å²) in [5, 5.41) is 2.23. The Labute approximate surface area is 120 Å². The topological polar surface area (TPSA) is 56.5 Å². The maximum atomic E-state index is 12.0. The molecule has 0 aliphatic carbocycles. The van der Waals surface area contributed by atoms with Crippen LogP contribution in [0.4, 0.5) is 0 Å². The van der Waals surface area contributed by atoms with Crippen LogP contribution in [-0.2, 0) is 4.79 Å². The Hall–Kier alpha value is -2.62. The van der Waals surface area contributed by atoms with Crippen molar-refractivity contribution >= 4 is 27.5 Å². The van der Waals surface area contributed by atoms with E-state index in [9.17, 15) is 9.59 Å². The normalized spacial score (nSPS) is 12.5. The number of ether oxygens (including phenoxy) is 1. The number of hydrogen-bond acceptors (Lipinski definition) is 4. The molecule has 2 aromatic carbocycles. The van der Waals surface area contributed by atoms with Gasteiger partial charge in [0.05, 0.1) is 5.39 Å². The van der Waals surface area contributed by atoms with Gasteiger partial charge in [0.2, 0.25) is 0 Å². The summed E-state index contributed by atoms with van der Waals surface area (Å²) in [7, 11) is 0. The van der Waals surface area contributed by atoms with E-state index in [1.807, 2.05) is 18.2 Å². The molecular formula is C17H14O4. The van der Waals surface area contributed by atoms with E-state index in [2.05, 4.69) is 0 Å². The standard InChI is InChI=1S/C17H14O4/c1-10(18)11(2)20-12-7-8-14-13-5-3-4-6-15(13)17(19)21-16(14)9-12/h3-9,11H,1-2H3. The average molecular weight is 282 g/mol. The van der Waals surface area contributed by atoms with Gasteiger partial charge >= 0.3 is 5.63 Å². The summed E-state index contributed by atoms with van der Waals surface area (Å²) in [6, 6.07) is 12.6. The van der Waals surface area contributed by atoms with Crippen molar-refractivity contribution in [1.29, 1.82) is 0 Å². The summed E-state index contributed by atoms with van der Waals surface area (Å²) in [6.45, 7) is 3.16. The van der Waals surface area contributed by atoms with E-state index < -0.39 is 6.10 Å². The van der Waals surface area contributed by atoms with Gasteiger partial charge in [0.25, 0.3) is 0 Å². The number of fused-ring (bicyclic) bond motifs is 3. The van der Waals surface area contributed by atoms with E-state index in [0.29, 0.717) is 16.7 Å². The summed E-state index contributed by atoms with van der Waals surface area (Å²) in [6.07, 6.45) is -0.533. The molecule has 0 radical (unpaired) electrons. The summed E-state index contributed by atoms with van der Waals surface area (Å²) >= 11 is 0. The maximum Gasteiger partial charge on any atom is 0.344 e. The molecule has 1 unspecified atom stereocenters. The van der Waals surface area contributed by atoms with Gasteiger partial charge in [-0.1, -0.05) is 18.2 Å². The van der Waals surface area contributed by atoms with Crippen molar-refractivity contribution in [3.05, 3.63) is 52.9 Å². The Morgan fingerprint density at radius 2 is 1.81 bits per heavy atom. The van der Waals surface area contributed by atoms with Crippen molar-refractivity contribution in [1.82, 2.24) is 0 Å². The van der Waals surface area contributed by atoms with Crippen LogP contribution >= 0.6 is 0 Å². The second-order valence-electron chi connectivity index (χ2n) is 4.96. The zero-order valence-electron chi connectivity index (χ0n) is 11.8. The van der Waals surface area contributed by atoms with Crippen molar-refractivity contribution in [2.24, 2.45) is 0 Å². The molecule has 0 saturated carbocycles. The van der Waals surface area contributed by atoms with Gasteiger partial charge in [-0.15, -0.1) is 0 Å².